The fourth-order valence-electron chi connectivity index (χ4n) is 2.69. The van der Waals surface area contributed by atoms with Crippen LogP contribution < -0.4 is 10.3 Å². The molecule has 94 valence electrons. The van der Waals surface area contributed by atoms with Crippen LogP contribution in [-0.2, 0) is 6.42 Å². The summed E-state index contributed by atoms with van der Waals surface area (Å²) in [5, 5.41) is 1.96. The van der Waals surface area contributed by atoms with E-state index in [2.05, 4.69) is 22.0 Å². The molecule has 0 fully saturated rings. The van der Waals surface area contributed by atoms with Crippen LogP contribution in [0.4, 0.5) is 11.5 Å². The van der Waals surface area contributed by atoms with Gasteiger partial charge in [0.15, 0.2) is 0 Å². The number of pyridine rings is 1. The molecule has 0 saturated heterocycles. The minimum absolute atomic E-state index is 0.192. The van der Waals surface area contributed by atoms with Crippen LogP contribution in [0.25, 0.3) is 10.2 Å². The number of para-hydroxylation sites is 1. The zero-order valence-electron chi connectivity index (χ0n) is 10.2. The number of hydrogen-bond acceptors (Lipinski definition) is 3. The van der Waals surface area contributed by atoms with Gasteiger partial charge in [0.25, 0.3) is 0 Å². The summed E-state index contributed by atoms with van der Waals surface area (Å²) in [4.78, 5) is 18.0. The molecule has 0 radical (unpaired) electrons. The highest BCUT2D eigenvalue weighted by atomic mass is 32.1. The zero-order valence-corrected chi connectivity index (χ0v) is 11.0. The Morgan fingerprint density at radius 1 is 1.16 bits per heavy atom. The number of nitrogens with zero attached hydrogens (tertiary/aromatic N) is 1. The largest absolute Gasteiger partial charge is 0.340 e. The lowest BCUT2D eigenvalue weighted by molar-refractivity contribution is 0.989. The molecule has 4 rings (SSSR count). The fraction of sp³-hybridized carbons (Fsp3) is 0.133. The Balaban J connectivity index is 1.96. The molecule has 0 amide bonds. The van der Waals surface area contributed by atoms with Gasteiger partial charge in [0.05, 0.1) is 10.2 Å². The molecular formula is C15H12N2OS. The predicted octanol–water partition coefficient (Wildman–Crippen LogP) is 3.28. The van der Waals surface area contributed by atoms with Crippen molar-refractivity contribution in [2.75, 3.05) is 11.4 Å². The van der Waals surface area contributed by atoms with Crippen molar-refractivity contribution in [1.29, 1.82) is 0 Å². The lowest BCUT2D eigenvalue weighted by Crippen LogP contribution is -2.14. The molecular weight excluding hydrogens is 256 g/mol. The summed E-state index contributed by atoms with van der Waals surface area (Å²) in [6.07, 6.45) is 0.813. The quantitative estimate of drug-likeness (QED) is 0.735. The van der Waals surface area contributed by atoms with Gasteiger partial charge in [-0.05, 0) is 30.0 Å². The minimum Gasteiger partial charge on any atom is -0.340 e. The molecule has 0 unspecified atom stereocenters. The second kappa shape index (κ2) is 3.96. The number of nitrogens with one attached hydrogen (secondary N) is 1. The number of benzene rings is 1. The highest BCUT2D eigenvalue weighted by Crippen LogP contribution is 2.33. The lowest BCUT2D eigenvalue weighted by Gasteiger charge is -2.19. The van der Waals surface area contributed by atoms with E-state index in [1.165, 1.54) is 11.3 Å². The first kappa shape index (κ1) is 10.8. The maximum absolute atomic E-state index is 12.4. The molecule has 3 nitrogen and oxygen atoms in total. The summed E-state index contributed by atoms with van der Waals surface area (Å²) in [7, 11) is 0. The highest BCUT2D eigenvalue weighted by Gasteiger charge is 2.25. The molecule has 19 heavy (non-hydrogen) atoms. The van der Waals surface area contributed by atoms with Crippen LogP contribution in [0.2, 0.25) is 0 Å². The summed E-state index contributed by atoms with van der Waals surface area (Å²) in [5.41, 5.74) is 3.18. The third kappa shape index (κ3) is 1.53. The molecule has 2 aromatic heterocycles. The number of H-pyrrole nitrogens is 1. The van der Waals surface area contributed by atoms with Crippen molar-refractivity contribution in [3.8, 4) is 0 Å². The topological polar surface area (TPSA) is 36.1 Å². The first-order valence-corrected chi connectivity index (χ1v) is 7.17. The molecule has 4 heteroatoms. The van der Waals surface area contributed by atoms with Crippen molar-refractivity contribution in [3.63, 3.8) is 0 Å². The number of fused-ring (bicyclic) bond motifs is 2. The summed E-state index contributed by atoms with van der Waals surface area (Å²) in [6, 6.07) is 12.2. The van der Waals surface area contributed by atoms with E-state index in [1.807, 2.05) is 29.6 Å². The summed E-state index contributed by atoms with van der Waals surface area (Å²) in [5.74, 6) is 0.960. The number of rotatable bonds is 1. The Bertz CT molecular complexity index is 804. The van der Waals surface area contributed by atoms with Gasteiger partial charge >= 0.3 is 0 Å². The average molecular weight is 268 g/mol. The molecule has 0 saturated carbocycles. The van der Waals surface area contributed by atoms with E-state index in [1.54, 1.807) is 0 Å². The van der Waals surface area contributed by atoms with Crippen molar-refractivity contribution in [1.82, 2.24) is 4.98 Å². The van der Waals surface area contributed by atoms with Crippen molar-refractivity contribution in [3.05, 3.63) is 57.6 Å². The molecule has 0 aliphatic carbocycles. The van der Waals surface area contributed by atoms with Crippen molar-refractivity contribution >= 4 is 33.1 Å². The molecule has 1 aliphatic rings. The molecule has 1 aliphatic heterocycles. The molecule has 0 atom stereocenters. The smallest absolute Gasteiger partial charge is 0.204 e. The monoisotopic (exact) mass is 268 g/mol. The van der Waals surface area contributed by atoms with Gasteiger partial charge in [-0.15, -0.1) is 11.3 Å². The molecule has 0 spiro atoms. The van der Waals surface area contributed by atoms with E-state index in [0.29, 0.717) is 0 Å². The van der Waals surface area contributed by atoms with Crippen LogP contribution in [-0.4, -0.2) is 11.5 Å². The van der Waals surface area contributed by atoms with Crippen molar-refractivity contribution in [2.45, 2.75) is 6.42 Å². The fourth-order valence-corrected chi connectivity index (χ4v) is 3.51. The predicted molar refractivity (Wildman–Crippen MR) is 79.6 cm³/mol. The van der Waals surface area contributed by atoms with Crippen LogP contribution in [0.5, 0.6) is 0 Å². The first-order chi connectivity index (χ1) is 9.34. The second-order valence-electron chi connectivity index (χ2n) is 4.68. The molecule has 1 N–H and O–H groups in total. The maximum Gasteiger partial charge on any atom is 0.204 e. The number of aromatic nitrogens is 1. The normalized spacial score (nSPS) is 14.0. The van der Waals surface area contributed by atoms with Crippen LogP contribution in [0.1, 0.15) is 5.56 Å². The summed E-state index contributed by atoms with van der Waals surface area (Å²) >= 11 is 1.51. The Morgan fingerprint density at radius 2 is 2.00 bits per heavy atom. The Morgan fingerprint density at radius 3 is 2.84 bits per heavy atom. The third-order valence-corrected chi connectivity index (χ3v) is 4.52. The van der Waals surface area contributed by atoms with Gasteiger partial charge in [-0.1, -0.05) is 18.2 Å². The zero-order chi connectivity index (χ0) is 12.8. The van der Waals surface area contributed by atoms with Crippen molar-refractivity contribution in [2.24, 2.45) is 0 Å². The van der Waals surface area contributed by atoms with Gasteiger partial charge in [0, 0.05) is 17.8 Å². The SMILES string of the molecule is O=c1c2c([nH]c3ccsc13)N(c1ccccc1)CC2. The van der Waals surface area contributed by atoms with Crippen LogP contribution >= 0.6 is 11.3 Å². The van der Waals surface area contributed by atoms with E-state index in [9.17, 15) is 4.79 Å². The molecule has 0 bridgehead atoms. The van der Waals surface area contributed by atoms with Gasteiger partial charge < -0.3 is 9.88 Å². The van der Waals surface area contributed by atoms with Gasteiger partial charge in [0.2, 0.25) is 5.43 Å². The van der Waals surface area contributed by atoms with Crippen LogP contribution in [0, 0.1) is 0 Å². The number of thiophene rings is 1. The van der Waals surface area contributed by atoms with Crippen LogP contribution in [0.15, 0.2) is 46.6 Å². The van der Waals surface area contributed by atoms with E-state index in [4.69, 9.17) is 0 Å². The van der Waals surface area contributed by atoms with Gasteiger partial charge in [0.1, 0.15) is 5.82 Å². The van der Waals surface area contributed by atoms with Crippen molar-refractivity contribution < 1.29 is 0 Å². The Kier molecular flexibility index (Phi) is 2.26. The first-order valence-electron chi connectivity index (χ1n) is 6.29. The Hall–Kier alpha value is -2.07. The van der Waals surface area contributed by atoms with Gasteiger partial charge in [-0.3, -0.25) is 4.79 Å². The number of anilines is 2. The minimum atomic E-state index is 0.192. The molecule has 1 aromatic carbocycles. The molecule has 3 aromatic rings. The van der Waals surface area contributed by atoms with E-state index < -0.39 is 0 Å². The number of hydrogen-bond donors (Lipinski definition) is 1. The average Bonchev–Trinajstić information content (AvgIpc) is 3.07. The van der Waals surface area contributed by atoms with Gasteiger partial charge in [-0.25, -0.2) is 0 Å². The number of aromatic amines is 1. The highest BCUT2D eigenvalue weighted by molar-refractivity contribution is 7.17. The molecule has 3 heterocycles. The van der Waals surface area contributed by atoms with E-state index in [-0.39, 0.29) is 5.43 Å². The maximum atomic E-state index is 12.4. The lowest BCUT2D eigenvalue weighted by atomic mass is 10.2. The van der Waals surface area contributed by atoms with E-state index >= 15 is 0 Å². The summed E-state index contributed by atoms with van der Waals surface area (Å²) < 4.78 is 0.841. The van der Waals surface area contributed by atoms with E-state index in [0.717, 1.165) is 40.3 Å². The second-order valence-corrected chi connectivity index (χ2v) is 5.60. The Labute approximate surface area is 114 Å². The summed E-state index contributed by atoms with van der Waals surface area (Å²) in [6.45, 7) is 0.863. The third-order valence-electron chi connectivity index (χ3n) is 3.61. The van der Waals surface area contributed by atoms with Crippen LogP contribution in [0.3, 0.4) is 0 Å². The standard InChI is InChI=1S/C15H12N2OS/c18-13-11-6-8-17(10-4-2-1-3-5-10)15(11)16-12-7-9-19-14(12)13/h1-5,7,9H,6,8H2,(H,16,18). The van der Waals surface area contributed by atoms with Gasteiger partial charge in [-0.2, -0.15) is 0 Å².